The Bertz CT molecular complexity index is 892. The van der Waals surface area contributed by atoms with Crippen LogP contribution in [-0.2, 0) is 4.74 Å². The fraction of sp³-hybridized carbons (Fsp3) is 0.583. The van der Waals surface area contributed by atoms with Gasteiger partial charge in [0.25, 0.3) is 0 Å². The van der Waals surface area contributed by atoms with Crippen LogP contribution >= 0.6 is 0 Å². The van der Waals surface area contributed by atoms with E-state index < -0.39 is 0 Å². The van der Waals surface area contributed by atoms with Crippen molar-refractivity contribution in [2.24, 2.45) is 5.92 Å². The van der Waals surface area contributed by atoms with Gasteiger partial charge in [0, 0.05) is 25.1 Å². The lowest BCUT2D eigenvalue weighted by Gasteiger charge is -2.27. The molecule has 3 heterocycles. The first-order valence-corrected chi connectivity index (χ1v) is 11.5. The predicted molar refractivity (Wildman–Crippen MR) is 118 cm³/mol. The molecule has 31 heavy (non-hydrogen) atoms. The summed E-state index contributed by atoms with van der Waals surface area (Å²) in [6.07, 6.45) is 8.41. The molecule has 166 valence electrons. The van der Waals surface area contributed by atoms with E-state index in [1.807, 2.05) is 24.4 Å². The van der Waals surface area contributed by atoms with Crippen molar-refractivity contribution in [3.63, 3.8) is 0 Å². The average molecular weight is 426 g/mol. The highest BCUT2D eigenvalue weighted by Crippen LogP contribution is 2.37. The molecule has 3 aliphatic rings. The number of ether oxygens (including phenoxy) is 4. The minimum absolute atomic E-state index is 0.0115. The molecule has 1 aromatic carbocycles. The molecule has 0 amide bonds. The van der Waals surface area contributed by atoms with E-state index in [1.165, 1.54) is 12.8 Å². The summed E-state index contributed by atoms with van der Waals surface area (Å²) < 4.78 is 23.4. The van der Waals surface area contributed by atoms with Gasteiger partial charge in [-0.25, -0.2) is 4.98 Å². The number of nitrogens with zero attached hydrogens (tertiary/aromatic N) is 2. The molecule has 1 aromatic heterocycles. The van der Waals surface area contributed by atoms with Gasteiger partial charge in [-0.2, -0.15) is 4.98 Å². The van der Waals surface area contributed by atoms with E-state index in [0.29, 0.717) is 37.7 Å². The minimum Gasteiger partial charge on any atom is -0.490 e. The van der Waals surface area contributed by atoms with E-state index in [4.69, 9.17) is 23.9 Å². The highest BCUT2D eigenvalue weighted by atomic mass is 16.6. The summed E-state index contributed by atoms with van der Waals surface area (Å²) in [6, 6.07) is 6.38. The van der Waals surface area contributed by atoms with Crippen molar-refractivity contribution in [2.75, 3.05) is 31.7 Å². The van der Waals surface area contributed by atoms with Gasteiger partial charge in [0.15, 0.2) is 11.5 Å². The number of anilines is 1. The van der Waals surface area contributed by atoms with Crippen LogP contribution < -0.4 is 19.5 Å². The van der Waals surface area contributed by atoms with Crippen LogP contribution in [0.3, 0.4) is 0 Å². The molecule has 7 heteroatoms. The summed E-state index contributed by atoms with van der Waals surface area (Å²) in [7, 11) is 0. The smallest absolute Gasteiger partial charge is 0.226 e. The van der Waals surface area contributed by atoms with Gasteiger partial charge in [0.2, 0.25) is 11.8 Å². The van der Waals surface area contributed by atoms with Crippen molar-refractivity contribution in [1.29, 1.82) is 0 Å². The van der Waals surface area contributed by atoms with Crippen molar-refractivity contribution in [3.05, 3.63) is 24.4 Å². The largest absolute Gasteiger partial charge is 0.490 e. The Balaban J connectivity index is 1.42. The number of hydrogen-bond acceptors (Lipinski definition) is 7. The van der Waals surface area contributed by atoms with Crippen molar-refractivity contribution >= 4 is 5.95 Å². The highest BCUT2D eigenvalue weighted by molar-refractivity contribution is 5.71. The molecule has 2 aliphatic heterocycles. The lowest BCUT2D eigenvalue weighted by Crippen LogP contribution is -2.26. The van der Waals surface area contributed by atoms with E-state index in [9.17, 15) is 0 Å². The van der Waals surface area contributed by atoms with Crippen LogP contribution in [0, 0.1) is 5.92 Å². The Morgan fingerprint density at radius 1 is 1.00 bits per heavy atom. The van der Waals surface area contributed by atoms with Gasteiger partial charge < -0.3 is 24.3 Å². The quantitative estimate of drug-likeness (QED) is 0.758. The third-order valence-electron chi connectivity index (χ3n) is 6.33. The summed E-state index contributed by atoms with van der Waals surface area (Å²) in [5.41, 5.74) is 1.81. The monoisotopic (exact) mass is 425 g/mol. The van der Waals surface area contributed by atoms with Crippen LogP contribution in [0.4, 0.5) is 5.95 Å². The standard InChI is InChI=1S/C24H31N3O4/c1-16-3-6-18(7-4-16)26-24-25-14-20(23(27-24)31-19-9-12-28-15-19)17-5-8-21-22(13-17)30-11-2-10-29-21/h5,8,13-14,16,18-19H,2-4,6-7,9-12,15H2,1H3,(H,25,26,27)/t16?,18?,19-/m1/s1. The van der Waals surface area contributed by atoms with Crippen LogP contribution in [0.1, 0.15) is 45.4 Å². The van der Waals surface area contributed by atoms with Gasteiger partial charge >= 0.3 is 0 Å². The summed E-state index contributed by atoms with van der Waals surface area (Å²) in [5, 5.41) is 3.53. The van der Waals surface area contributed by atoms with E-state index in [2.05, 4.69) is 17.2 Å². The molecular weight excluding hydrogens is 394 g/mol. The van der Waals surface area contributed by atoms with Gasteiger partial charge in [0.05, 0.1) is 32.0 Å². The SMILES string of the molecule is CC1CCC(Nc2ncc(-c3ccc4c(c3)OCCCO4)c(O[C@@H]3CCOC3)n2)CC1. The van der Waals surface area contributed by atoms with Crippen molar-refractivity contribution < 1.29 is 18.9 Å². The lowest BCUT2D eigenvalue weighted by molar-refractivity contribution is 0.138. The molecular formula is C24H31N3O4. The van der Waals surface area contributed by atoms with Gasteiger partial charge in [-0.1, -0.05) is 13.0 Å². The molecule has 1 aliphatic carbocycles. The van der Waals surface area contributed by atoms with Crippen LogP contribution in [0.15, 0.2) is 24.4 Å². The molecule has 1 N–H and O–H groups in total. The average Bonchev–Trinajstić information content (AvgIpc) is 3.18. The minimum atomic E-state index is 0.0115. The Labute approximate surface area is 183 Å². The first-order chi connectivity index (χ1) is 15.2. The Kier molecular flexibility index (Phi) is 6.11. The zero-order valence-electron chi connectivity index (χ0n) is 18.1. The van der Waals surface area contributed by atoms with Crippen molar-refractivity contribution in [2.45, 2.75) is 57.6 Å². The van der Waals surface area contributed by atoms with Gasteiger partial charge in [0.1, 0.15) is 6.10 Å². The molecule has 1 saturated heterocycles. The number of hydrogen-bond donors (Lipinski definition) is 1. The van der Waals surface area contributed by atoms with Gasteiger partial charge in [-0.3, -0.25) is 0 Å². The third-order valence-corrected chi connectivity index (χ3v) is 6.33. The molecule has 5 rings (SSSR count). The summed E-state index contributed by atoms with van der Waals surface area (Å²) in [4.78, 5) is 9.41. The third kappa shape index (κ3) is 4.87. The Morgan fingerprint density at radius 2 is 1.84 bits per heavy atom. The molecule has 0 bridgehead atoms. The normalized spacial score (nSPS) is 25.6. The number of rotatable bonds is 5. The van der Waals surface area contributed by atoms with Gasteiger partial charge in [-0.15, -0.1) is 0 Å². The first-order valence-electron chi connectivity index (χ1n) is 11.5. The van der Waals surface area contributed by atoms with Crippen LogP contribution in [0.25, 0.3) is 11.1 Å². The number of aromatic nitrogens is 2. The van der Waals surface area contributed by atoms with E-state index in [1.54, 1.807) is 0 Å². The predicted octanol–water partition coefficient (Wildman–Crippen LogP) is 4.46. The second-order valence-electron chi connectivity index (χ2n) is 8.83. The summed E-state index contributed by atoms with van der Waals surface area (Å²) >= 11 is 0. The van der Waals surface area contributed by atoms with Crippen LogP contribution in [0.2, 0.25) is 0 Å². The molecule has 0 unspecified atom stereocenters. The second kappa shape index (κ2) is 9.30. The van der Waals surface area contributed by atoms with Gasteiger partial charge in [-0.05, 0) is 49.3 Å². The van der Waals surface area contributed by atoms with Crippen LogP contribution in [0.5, 0.6) is 17.4 Å². The molecule has 7 nitrogen and oxygen atoms in total. The molecule has 2 aromatic rings. The highest BCUT2D eigenvalue weighted by Gasteiger charge is 2.23. The molecule has 1 atom stereocenters. The fourth-order valence-corrected chi connectivity index (χ4v) is 4.41. The first kappa shape index (κ1) is 20.4. The van der Waals surface area contributed by atoms with Crippen molar-refractivity contribution in [1.82, 2.24) is 9.97 Å². The Morgan fingerprint density at radius 3 is 2.65 bits per heavy atom. The molecule has 0 radical (unpaired) electrons. The van der Waals surface area contributed by atoms with E-state index in [0.717, 1.165) is 60.8 Å². The lowest BCUT2D eigenvalue weighted by atomic mass is 9.87. The summed E-state index contributed by atoms with van der Waals surface area (Å²) in [6.45, 7) is 4.96. The van der Waals surface area contributed by atoms with Crippen LogP contribution in [-0.4, -0.2) is 48.5 Å². The maximum atomic E-state index is 6.29. The maximum Gasteiger partial charge on any atom is 0.226 e. The number of benzene rings is 1. The zero-order chi connectivity index (χ0) is 21.0. The fourth-order valence-electron chi connectivity index (χ4n) is 4.41. The topological polar surface area (TPSA) is 74.7 Å². The maximum absolute atomic E-state index is 6.29. The molecule has 1 saturated carbocycles. The molecule has 2 fully saturated rings. The number of fused-ring (bicyclic) bond motifs is 1. The Hall–Kier alpha value is -2.54. The molecule has 0 spiro atoms. The number of nitrogens with one attached hydrogen (secondary N) is 1. The van der Waals surface area contributed by atoms with E-state index in [-0.39, 0.29) is 6.10 Å². The van der Waals surface area contributed by atoms with Crippen molar-refractivity contribution in [3.8, 4) is 28.5 Å². The second-order valence-corrected chi connectivity index (χ2v) is 8.83. The van der Waals surface area contributed by atoms with E-state index >= 15 is 0 Å². The summed E-state index contributed by atoms with van der Waals surface area (Å²) in [5.74, 6) is 3.56. The zero-order valence-corrected chi connectivity index (χ0v) is 18.1.